The summed E-state index contributed by atoms with van der Waals surface area (Å²) in [5.74, 6) is 0. The molecule has 214 valence electrons. The lowest BCUT2D eigenvalue weighted by molar-refractivity contribution is 1.47. The molecule has 0 fully saturated rings. The Hall–Kier alpha value is -5.53. The molecule has 0 N–H and O–H groups in total. The summed E-state index contributed by atoms with van der Waals surface area (Å²) in [6.45, 7) is 0. The molecule has 0 unspecified atom stereocenters. The van der Waals surface area contributed by atoms with Crippen LogP contribution in [-0.4, -0.2) is 0 Å². The monoisotopic (exact) mass is 619 g/mol. The zero-order valence-electron chi connectivity index (χ0n) is 24.7. The Kier molecular flexibility index (Phi) is 6.31. The lowest BCUT2D eigenvalue weighted by Crippen LogP contribution is -1.90. The number of rotatable bonds is 4. The van der Waals surface area contributed by atoms with Crippen molar-refractivity contribution in [3.05, 3.63) is 157 Å². The SMILES string of the molecule is N#Cc1cc(-c2ccccc2)ccc1-c1cc(-c2ccc3c(c2)sc2ccccc23)cc(-c2cccc3sc4ccccc4c23)c1. The molecule has 0 aliphatic heterocycles. The number of nitrogens with zero attached hydrogens (tertiary/aromatic N) is 1. The molecule has 0 amide bonds. The van der Waals surface area contributed by atoms with Crippen LogP contribution in [0.3, 0.4) is 0 Å². The summed E-state index contributed by atoms with van der Waals surface area (Å²) >= 11 is 3.68. The second-order valence-electron chi connectivity index (χ2n) is 11.6. The van der Waals surface area contributed by atoms with Crippen LogP contribution < -0.4 is 0 Å². The normalized spacial score (nSPS) is 11.5. The van der Waals surface area contributed by atoms with Gasteiger partial charge in [0.1, 0.15) is 0 Å². The largest absolute Gasteiger partial charge is 0.192 e. The fraction of sp³-hybridized carbons (Fsp3) is 0. The first-order valence-electron chi connectivity index (χ1n) is 15.3. The quantitative estimate of drug-likeness (QED) is 0.192. The van der Waals surface area contributed by atoms with Gasteiger partial charge in [-0.05, 0) is 93.0 Å². The average molecular weight is 620 g/mol. The van der Waals surface area contributed by atoms with Gasteiger partial charge in [0.05, 0.1) is 11.6 Å². The van der Waals surface area contributed by atoms with Crippen molar-refractivity contribution in [3.8, 4) is 50.6 Å². The number of benzene rings is 7. The molecule has 46 heavy (non-hydrogen) atoms. The predicted octanol–water partition coefficient (Wildman–Crippen LogP) is 13.0. The highest BCUT2D eigenvalue weighted by molar-refractivity contribution is 7.26. The third-order valence-corrected chi connectivity index (χ3v) is 11.2. The van der Waals surface area contributed by atoms with Crippen LogP contribution in [0.4, 0.5) is 0 Å². The smallest absolute Gasteiger partial charge is 0.0998 e. The predicted molar refractivity (Wildman–Crippen MR) is 199 cm³/mol. The van der Waals surface area contributed by atoms with E-state index in [0.29, 0.717) is 5.56 Å². The van der Waals surface area contributed by atoms with Crippen molar-refractivity contribution in [2.45, 2.75) is 0 Å². The highest BCUT2D eigenvalue weighted by Gasteiger charge is 2.16. The van der Waals surface area contributed by atoms with Crippen LogP contribution in [0.15, 0.2) is 152 Å². The van der Waals surface area contributed by atoms with Gasteiger partial charge in [0.15, 0.2) is 0 Å². The highest BCUT2D eigenvalue weighted by Crippen LogP contribution is 2.43. The summed E-state index contributed by atoms with van der Waals surface area (Å²) < 4.78 is 5.15. The van der Waals surface area contributed by atoms with Crippen LogP contribution in [0, 0.1) is 11.3 Å². The van der Waals surface area contributed by atoms with Crippen molar-refractivity contribution in [3.63, 3.8) is 0 Å². The van der Waals surface area contributed by atoms with E-state index in [9.17, 15) is 5.26 Å². The van der Waals surface area contributed by atoms with Crippen LogP contribution in [0.2, 0.25) is 0 Å². The molecular formula is C43H25NS2. The summed E-state index contributed by atoms with van der Waals surface area (Å²) in [5.41, 5.74) is 9.46. The summed E-state index contributed by atoms with van der Waals surface area (Å²) in [7, 11) is 0. The van der Waals surface area contributed by atoms with Crippen LogP contribution in [0.5, 0.6) is 0 Å². The van der Waals surface area contributed by atoms with Gasteiger partial charge in [-0.2, -0.15) is 5.26 Å². The molecule has 2 heterocycles. The van der Waals surface area contributed by atoms with Gasteiger partial charge in [-0.3, -0.25) is 0 Å². The minimum absolute atomic E-state index is 0.670. The van der Waals surface area contributed by atoms with E-state index in [2.05, 4.69) is 133 Å². The molecule has 0 aliphatic carbocycles. The van der Waals surface area contributed by atoms with Crippen molar-refractivity contribution in [1.29, 1.82) is 5.26 Å². The fourth-order valence-corrected chi connectivity index (χ4v) is 9.00. The van der Waals surface area contributed by atoms with Gasteiger partial charge < -0.3 is 0 Å². The first-order valence-corrected chi connectivity index (χ1v) is 16.9. The Balaban J connectivity index is 1.29. The molecule has 9 aromatic rings. The van der Waals surface area contributed by atoms with E-state index in [1.54, 1.807) is 0 Å². The second-order valence-corrected chi connectivity index (χ2v) is 13.8. The first kappa shape index (κ1) is 26.8. The van der Waals surface area contributed by atoms with Gasteiger partial charge in [-0.1, -0.05) is 103 Å². The molecular weight excluding hydrogens is 595 g/mol. The summed E-state index contributed by atoms with van der Waals surface area (Å²) in [4.78, 5) is 0. The molecule has 0 aliphatic rings. The molecule has 3 heteroatoms. The van der Waals surface area contributed by atoms with Crippen molar-refractivity contribution in [2.24, 2.45) is 0 Å². The zero-order valence-corrected chi connectivity index (χ0v) is 26.3. The third kappa shape index (κ3) is 4.43. The van der Waals surface area contributed by atoms with Crippen LogP contribution in [-0.2, 0) is 0 Å². The average Bonchev–Trinajstić information content (AvgIpc) is 3.69. The van der Waals surface area contributed by atoms with Gasteiger partial charge in [-0.25, -0.2) is 0 Å². The summed E-state index contributed by atoms with van der Waals surface area (Å²) in [6.07, 6.45) is 0. The van der Waals surface area contributed by atoms with Gasteiger partial charge in [-0.15, -0.1) is 22.7 Å². The zero-order chi connectivity index (χ0) is 30.6. The molecule has 0 radical (unpaired) electrons. The van der Waals surface area contributed by atoms with Gasteiger partial charge in [0.25, 0.3) is 0 Å². The van der Waals surface area contributed by atoms with Crippen LogP contribution in [0.1, 0.15) is 5.56 Å². The number of nitriles is 1. The molecule has 2 aromatic heterocycles. The molecule has 7 aromatic carbocycles. The standard InChI is InChI=1S/C43H25NS2/c44-26-33-21-28(27-9-2-1-3-10-27)17-19-34(33)31-22-30(29-18-20-37-36-11-4-6-14-39(36)46-42(37)25-29)23-32(24-31)35-13-8-16-41-43(35)38-12-5-7-15-40(38)45-41/h1-25H. The Morgan fingerprint density at radius 3 is 1.80 bits per heavy atom. The van der Waals surface area contributed by atoms with Crippen molar-refractivity contribution in [2.75, 3.05) is 0 Å². The fourth-order valence-electron chi connectivity index (χ4n) is 6.72. The minimum Gasteiger partial charge on any atom is -0.192 e. The minimum atomic E-state index is 0.670. The topological polar surface area (TPSA) is 23.8 Å². The van der Waals surface area contributed by atoms with Gasteiger partial charge >= 0.3 is 0 Å². The van der Waals surface area contributed by atoms with Gasteiger partial charge in [0.2, 0.25) is 0 Å². The second kappa shape index (κ2) is 10.8. The molecule has 0 saturated heterocycles. The Labute approximate surface area is 274 Å². The molecule has 0 atom stereocenters. The maximum Gasteiger partial charge on any atom is 0.0998 e. The Morgan fingerprint density at radius 1 is 0.370 bits per heavy atom. The van der Waals surface area contributed by atoms with E-state index < -0.39 is 0 Å². The van der Waals surface area contributed by atoms with E-state index in [1.165, 1.54) is 51.5 Å². The number of hydrogen-bond acceptors (Lipinski definition) is 3. The Morgan fingerprint density at radius 2 is 0.978 bits per heavy atom. The molecule has 0 saturated carbocycles. The number of thiophene rings is 2. The summed E-state index contributed by atoms with van der Waals surface area (Å²) in [6, 6.07) is 56.7. The molecule has 9 rings (SSSR count). The highest BCUT2D eigenvalue weighted by atomic mass is 32.1. The maximum absolute atomic E-state index is 10.4. The van der Waals surface area contributed by atoms with E-state index in [-0.39, 0.29) is 0 Å². The van der Waals surface area contributed by atoms with E-state index in [4.69, 9.17) is 0 Å². The lowest BCUT2D eigenvalue weighted by atomic mass is 9.89. The lowest BCUT2D eigenvalue weighted by Gasteiger charge is -2.14. The first-order chi connectivity index (χ1) is 22.7. The van der Waals surface area contributed by atoms with E-state index in [1.807, 2.05) is 46.9 Å². The van der Waals surface area contributed by atoms with Crippen LogP contribution >= 0.6 is 22.7 Å². The van der Waals surface area contributed by atoms with E-state index in [0.717, 1.165) is 33.4 Å². The third-order valence-electron chi connectivity index (χ3n) is 8.92. The van der Waals surface area contributed by atoms with Crippen molar-refractivity contribution < 1.29 is 0 Å². The molecule has 0 spiro atoms. The summed E-state index contributed by atoms with van der Waals surface area (Å²) in [5, 5.41) is 15.6. The van der Waals surface area contributed by atoms with E-state index >= 15 is 0 Å². The molecule has 0 bridgehead atoms. The van der Waals surface area contributed by atoms with Gasteiger partial charge in [0, 0.05) is 40.3 Å². The van der Waals surface area contributed by atoms with Crippen LogP contribution in [0.25, 0.3) is 84.9 Å². The number of hydrogen-bond donors (Lipinski definition) is 0. The van der Waals surface area contributed by atoms with Crippen molar-refractivity contribution >= 4 is 63.0 Å². The number of fused-ring (bicyclic) bond motifs is 6. The molecule has 1 nitrogen and oxygen atoms in total. The Bertz CT molecular complexity index is 2650. The maximum atomic E-state index is 10.4. The van der Waals surface area contributed by atoms with Crippen molar-refractivity contribution in [1.82, 2.24) is 0 Å².